The summed E-state index contributed by atoms with van der Waals surface area (Å²) < 4.78 is 4.57. The molecule has 1 aromatic carbocycles. The van der Waals surface area contributed by atoms with Gasteiger partial charge in [-0.25, -0.2) is 4.63 Å². The first kappa shape index (κ1) is 9.71. The van der Waals surface area contributed by atoms with Crippen LogP contribution in [-0.2, 0) is 0 Å². The van der Waals surface area contributed by atoms with Crippen LogP contribution in [0.5, 0.6) is 0 Å². The van der Waals surface area contributed by atoms with Crippen LogP contribution in [-0.4, -0.2) is 10.3 Å². The Bertz CT molecular complexity index is 357. The van der Waals surface area contributed by atoms with Crippen molar-refractivity contribution in [1.29, 1.82) is 0 Å². The van der Waals surface area contributed by atoms with E-state index in [1.807, 2.05) is 39.8 Å². The van der Waals surface area contributed by atoms with Crippen molar-refractivity contribution in [1.82, 2.24) is 10.3 Å². The summed E-state index contributed by atoms with van der Waals surface area (Å²) in [7, 11) is 0. The van der Waals surface area contributed by atoms with Crippen LogP contribution in [0.4, 0.5) is 0 Å². The lowest BCUT2D eigenvalue weighted by Crippen LogP contribution is -1.79. The molecule has 0 aliphatic rings. The molecule has 0 spiro atoms. The van der Waals surface area contributed by atoms with Crippen LogP contribution in [0.15, 0.2) is 16.8 Å². The van der Waals surface area contributed by atoms with Gasteiger partial charge in [-0.15, -0.1) is 0 Å². The fourth-order valence-corrected chi connectivity index (χ4v) is 1.04. The van der Waals surface area contributed by atoms with E-state index in [0.717, 1.165) is 11.0 Å². The van der Waals surface area contributed by atoms with Gasteiger partial charge < -0.3 is 0 Å². The summed E-state index contributed by atoms with van der Waals surface area (Å²) in [5.74, 6) is 0. The normalized spacial score (nSPS) is 9.54. The second kappa shape index (κ2) is 4.03. The van der Waals surface area contributed by atoms with Gasteiger partial charge in [0.1, 0.15) is 11.0 Å². The van der Waals surface area contributed by atoms with Crippen molar-refractivity contribution in [3.05, 3.63) is 23.3 Å². The van der Waals surface area contributed by atoms with E-state index >= 15 is 0 Å². The fourth-order valence-electron chi connectivity index (χ4n) is 1.04. The monoisotopic (exact) mass is 178 g/mol. The molecule has 0 N–H and O–H groups in total. The average Bonchev–Trinajstić information content (AvgIpc) is 2.56. The SMILES string of the molecule is CC.Cc1cc2nonc2cc1C. The van der Waals surface area contributed by atoms with Crippen molar-refractivity contribution in [3.63, 3.8) is 0 Å². The number of aromatic nitrogens is 2. The second-order valence-corrected chi connectivity index (χ2v) is 2.69. The zero-order chi connectivity index (χ0) is 9.84. The molecule has 0 amide bonds. The van der Waals surface area contributed by atoms with Crippen molar-refractivity contribution in [2.75, 3.05) is 0 Å². The number of fused-ring (bicyclic) bond motifs is 1. The van der Waals surface area contributed by atoms with Gasteiger partial charge in [0.15, 0.2) is 0 Å². The zero-order valence-corrected chi connectivity index (χ0v) is 8.46. The predicted octanol–water partition coefficient (Wildman–Crippen LogP) is 2.87. The number of nitrogens with zero attached hydrogens (tertiary/aromatic N) is 2. The van der Waals surface area contributed by atoms with Gasteiger partial charge in [0.2, 0.25) is 0 Å². The molecule has 0 radical (unpaired) electrons. The molecule has 0 atom stereocenters. The molecule has 3 heteroatoms. The predicted molar refractivity (Wildman–Crippen MR) is 52.6 cm³/mol. The number of aryl methyl sites for hydroxylation is 2. The summed E-state index contributed by atoms with van der Waals surface area (Å²) >= 11 is 0. The van der Waals surface area contributed by atoms with Gasteiger partial charge >= 0.3 is 0 Å². The molecule has 0 unspecified atom stereocenters. The lowest BCUT2D eigenvalue weighted by Gasteiger charge is -1.95. The maximum atomic E-state index is 4.57. The first-order valence-corrected chi connectivity index (χ1v) is 4.47. The molecule has 70 valence electrons. The maximum absolute atomic E-state index is 4.57. The van der Waals surface area contributed by atoms with Crippen LogP contribution in [0.1, 0.15) is 25.0 Å². The molecular weight excluding hydrogens is 164 g/mol. The van der Waals surface area contributed by atoms with Gasteiger partial charge in [0, 0.05) is 0 Å². The van der Waals surface area contributed by atoms with Crippen LogP contribution >= 0.6 is 0 Å². The molecule has 2 rings (SSSR count). The van der Waals surface area contributed by atoms with Gasteiger partial charge in [-0.05, 0) is 47.4 Å². The van der Waals surface area contributed by atoms with Crippen molar-refractivity contribution >= 4 is 11.0 Å². The zero-order valence-electron chi connectivity index (χ0n) is 8.46. The maximum Gasteiger partial charge on any atom is 0.135 e. The summed E-state index contributed by atoms with van der Waals surface area (Å²) in [6.45, 7) is 8.09. The van der Waals surface area contributed by atoms with E-state index < -0.39 is 0 Å². The van der Waals surface area contributed by atoms with Gasteiger partial charge in [-0.1, -0.05) is 13.8 Å². The van der Waals surface area contributed by atoms with Crippen LogP contribution < -0.4 is 0 Å². The standard InChI is InChI=1S/C8H8N2O.C2H6/c1-5-3-7-8(4-6(5)2)10-11-9-7;1-2/h3-4H,1-2H3;1-2H3. The van der Waals surface area contributed by atoms with Crippen molar-refractivity contribution < 1.29 is 4.63 Å². The Labute approximate surface area is 77.7 Å². The minimum atomic E-state index is 0.827. The van der Waals surface area contributed by atoms with E-state index in [4.69, 9.17) is 0 Å². The van der Waals surface area contributed by atoms with E-state index in [1.54, 1.807) is 0 Å². The molecule has 0 saturated carbocycles. The van der Waals surface area contributed by atoms with E-state index in [2.05, 4.69) is 14.9 Å². The lowest BCUT2D eigenvalue weighted by molar-refractivity contribution is 0.315. The first-order valence-electron chi connectivity index (χ1n) is 4.47. The highest BCUT2D eigenvalue weighted by Gasteiger charge is 2.01. The molecule has 0 aliphatic carbocycles. The molecule has 3 nitrogen and oxygen atoms in total. The summed E-state index contributed by atoms with van der Waals surface area (Å²) in [5, 5.41) is 7.47. The highest BCUT2D eigenvalue weighted by atomic mass is 16.6. The van der Waals surface area contributed by atoms with Crippen molar-refractivity contribution in [3.8, 4) is 0 Å². The molecule has 13 heavy (non-hydrogen) atoms. The minimum Gasteiger partial charge on any atom is -0.243 e. The highest BCUT2D eigenvalue weighted by molar-refractivity contribution is 5.74. The molecule has 0 saturated heterocycles. The van der Waals surface area contributed by atoms with Crippen LogP contribution in [0, 0.1) is 13.8 Å². The highest BCUT2D eigenvalue weighted by Crippen LogP contribution is 2.14. The Morgan fingerprint density at radius 1 is 0.923 bits per heavy atom. The van der Waals surface area contributed by atoms with E-state index in [9.17, 15) is 0 Å². The number of rotatable bonds is 0. The third-order valence-corrected chi connectivity index (χ3v) is 1.87. The Hall–Kier alpha value is -1.38. The van der Waals surface area contributed by atoms with Crippen LogP contribution in [0.25, 0.3) is 11.0 Å². The second-order valence-electron chi connectivity index (χ2n) is 2.69. The number of hydrogen-bond acceptors (Lipinski definition) is 3. The van der Waals surface area contributed by atoms with E-state index in [-0.39, 0.29) is 0 Å². The van der Waals surface area contributed by atoms with Gasteiger partial charge in [-0.2, -0.15) is 0 Å². The van der Waals surface area contributed by atoms with Crippen LogP contribution in [0.2, 0.25) is 0 Å². The molecule has 2 aromatic rings. The largest absolute Gasteiger partial charge is 0.243 e. The number of hydrogen-bond donors (Lipinski definition) is 0. The van der Waals surface area contributed by atoms with Gasteiger partial charge in [0.05, 0.1) is 0 Å². The summed E-state index contributed by atoms with van der Waals surface area (Å²) in [6.07, 6.45) is 0. The first-order chi connectivity index (χ1) is 6.27. The van der Waals surface area contributed by atoms with Gasteiger partial charge in [0.25, 0.3) is 0 Å². The average molecular weight is 178 g/mol. The third kappa shape index (κ3) is 1.86. The van der Waals surface area contributed by atoms with E-state index in [1.165, 1.54) is 11.1 Å². The van der Waals surface area contributed by atoms with Crippen molar-refractivity contribution in [2.24, 2.45) is 0 Å². The minimum absolute atomic E-state index is 0.827. The molecule has 1 heterocycles. The lowest BCUT2D eigenvalue weighted by atomic mass is 10.1. The Morgan fingerprint density at radius 3 is 1.69 bits per heavy atom. The summed E-state index contributed by atoms with van der Waals surface area (Å²) in [4.78, 5) is 0. The third-order valence-electron chi connectivity index (χ3n) is 1.87. The smallest absolute Gasteiger partial charge is 0.135 e. The number of benzene rings is 1. The van der Waals surface area contributed by atoms with Gasteiger partial charge in [-0.3, -0.25) is 0 Å². The Balaban J connectivity index is 0.000000396. The van der Waals surface area contributed by atoms with Crippen molar-refractivity contribution in [2.45, 2.75) is 27.7 Å². The summed E-state index contributed by atoms with van der Waals surface area (Å²) in [5.41, 5.74) is 4.09. The molecular formula is C10H14N2O. The fraction of sp³-hybridized carbons (Fsp3) is 0.400. The quantitative estimate of drug-likeness (QED) is 0.622. The molecule has 0 bridgehead atoms. The molecule has 0 fully saturated rings. The Kier molecular flexibility index (Phi) is 3.01. The van der Waals surface area contributed by atoms with E-state index in [0.29, 0.717) is 0 Å². The Morgan fingerprint density at radius 2 is 1.31 bits per heavy atom. The summed E-state index contributed by atoms with van der Waals surface area (Å²) in [6, 6.07) is 3.95. The van der Waals surface area contributed by atoms with Crippen LogP contribution in [0.3, 0.4) is 0 Å². The molecule has 1 aromatic heterocycles. The molecule has 0 aliphatic heterocycles. The topological polar surface area (TPSA) is 38.9 Å².